The van der Waals surface area contributed by atoms with Crippen LogP contribution in [-0.4, -0.2) is 34.3 Å². The maximum atomic E-state index is 12.4. The van der Waals surface area contributed by atoms with Crippen LogP contribution in [-0.2, 0) is 6.18 Å². The number of alkyl halides is 4. The second-order valence-electron chi connectivity index (χ2n) is 4.21. The first kappa shape index (κ1) is 15.8. The van der Waals surface area contributed by atoms with Crippen molar-refractivity contribution in [3.05, 3.63) is 29.6 Å². The molecule has 0 aromatic carbocycles. The van der Waals surface area contributed by atoms with Crippen molar-refractivity contribution in [3.8, 4) is 0 Å². The minimum absolute atomic E-state index is 0.0215. The zero-order valence-electron chi connectivity index (χ0n) is 10.5. The van der Waals surface area contributed by atoms with Crippen LogP contribution in [0.15, 0.2) is 18.3 Å². The average Bonchev–Trinajstić information content (AvgIpc) is 2.34. The molecule has 1 aromatic rings. The molecule has 1 heterocycles. The fraction of sp³-hybridized carbons (Fsp3) is 0.500. The zero-order valence-corrected chi connectivity index (χ0v) is 11.3. The van der Waals surface area contributed by atoms with Crippen LogP contribution >= 0.6 is 11.6 Å². The number of carbonyl (C=O) groups excluding carboxylic acids is 1. The molecule has 1 rings (SSSR count). The van der Waals surface area contributed by atoms with E-state index in [1.807, 2.05) is 0 Å². The molecule has 0 radical (unpaired) electrons. The molecule has 0 aliphatic carbocycles. The first-order valence-electron chi connectivity index (χ1n) is 5.67. The molecule has 0 aliphatic rings. The smallest absolute Gasteiger partial charge is 0.334 e. The molecule has 0 spiro atoms. The molecule has 3 nitrogen and oxygen atoms in total. The van der Waals surface area contributed by atoms with Gasteiger partial charge in [-0.1, -0.05) is 0 Å². The van der Waals surface area contributed by atoms with Crippen molar-refractivity contribution in [3.63, 3.8) is 0 Å². The summed E-state index contributed by atoms with van der Waals surface area (Å²) in [5.74, 6) is -0.172. The topological polar surface area (TPSA) is 33.2 Å². The minimum atomic E-state index is -4.46. The van der Waals surface area contributed by atoms with E-state index in [0.29, 0.717) is 12.7 Å². The summed E-state index contributed by atoms with van der Waals surface area (Å²) >= 11 is 5.59. The number of halogens is 4. The lowest BCUT2D eigenvalue weighted by atomic mass is 10.2. The van der Waals surface area contributed by atoms with Gasteiger partial charge in [0.2, 0.25) is 0 Å². The fourth-order valence-corrected chi connectivity index (χ4v) is 1.70. The lowest BCUT2D eigenvalue weighted by molar-refractivity contribution is -0.137. The normalized spacial score (nSPS) is 11.7. The first-order chi connectivity index (χ1) is 8.77. The number of carbonyl (C=O) groups is 1. The van der Waals surface area contributed by atoms with Crippen LogP contribution in [0.1, 0.15) is 29.9 Å². The third-order valence-corrected chi connectivity index (χ3v) is 2.69. The molecular weight excluding hydrogens is 281 g/mol. The zero-order chi connectivity index (χ0) is 14.6. The van der Waals surface area contributed by atoms with Crippen LogP contribution in [0.25, 0.3) is 0 Å². The lowest BCUT2D eigenvalue weighted by Crippen LogP contribution is -2.38. The quantitative estimate of drug-likeness (QED) is 0.799. The van der Waals surface area contributed by atoms with Gasteiger partial charge in [0.15, 0.2) is 0 Å². The van der Waals surface area contributed by atoms with Crippen molar-refractivity contribution >= 4 is 17.5 Å². The third kappa shape index (κ3) is 4.09. The Morgan fingerprint density at radius 2 is 2.05 bits per heavy atom. The monoisotopic (exact) mass is 294 g/mol. The Morgan fingerprint density at radius 3 is 2.42 bits per heavy atom. The van der Waals surface area contributed by atoms with E-state index in [1.54, 1.807) is 13.8 Å². The maximum Gasteiger partial charge on any atom is 0.417 e. The number of hydrogen-bond donors (Lipinski definition) is 0. The van der Waals surface area contributed by atoms with Gasteiger partial charge < -0.3 is 4.90 Å². The Hall–Kier alpha value is -1.30. The molecule has 0 atom stereocenters. The summed E-state index contributed by atoms with van der Waals surface area (Å²) in [4.78, 5) is 17.1. The highest BCUT2D eigenvalue weighted by Crippen LogP contribution is 2.28. The molecule has 0 N–H and O–H groups in total. The highest BCUT2D eigenvalue weighted by Gasteiger charge is 2.31. The van der Waals surface area contributed by atoms with E-state index in [0.717, 1.165) is 12.1 Å². The van der Waals surface area contributed by atoms with Crippen molar-refractivity contribution in [2.24, 2.45) is 0 Å². The van der Waals surface area contributed by atoms with Gasteiger partial charge in [-0.25, -0.2) is 0 Å². The molecule has 19 heavy (non-hydrogen) atoms. The van der Waals surface area contributed by atoms with Gasteiger partial charge in [0.05, 0.1) is 5.56 Å². The molecule has 0 unspecified atom stereocenters. The van der Waals surface area contributed by atoms with Gasteiger partial charge in [0, 0.05) is 24.7 Å². The lowest BCUT2D eigenvalue weighted by Gasteiger charge is -2.25. The van der Waals surface area contributed by atoms with Crippen LogP contribution in [0.4, 0.5) is 13.2 Å². The Kier molecular flexibility index (Phi) is 5.17. The number of rotatable bonds is 4. The number of amides is 1. The van der Waals surface area contributed by atoms with Crippen LogP contribution in [0, 0.1) is 0 Å². The van der Waals surface area contributed by atoms with Crippen LogP contribution in [0.5, 0.6) is 0 Å². The van der Waals surface area contributed by atoms with Crippen molar-refractivity contribution in [1.82, 2.24) is 9.88 Å². The summed E-state index contributed by atoms with van der Waals surface area (Å²) in [5.41, 5.74) is -0.899. The first-order valence-corrected chi connectivity index (χ1v) is 6.21. The van der Waals surface area contributed by atoms with Gasteiger partial charge in [0.1, 0.15) is 5.69 Å². The third-order valence-electron chi connectivity index (χ3n) is 2.52. The van der Waals surface area contributed by atoms with Gasteiger partial charge in [-0.15, -0.1) is 11.6 Å². The van der Waals surface area contributed by atoms with Gasteiger partial charge >= 0.3 is 6.18 Å². The van der Waals surface area contributed by atoms with E-state index in [1.165, 1.54) is 4.90 Å². The van der Waals surface area contributed by atoms with Gasteiger partial charge in [-0.2, -0.15) is 13.2 Å². The predicted molar refractivity (Wildman–Crippen MR) is 66.1 cm³/mol. The molecule has 106 valence electrons. The molecule has 0 saturated carbocycles. The molecule has 1 aromatic heterocycles. The second kappa shape index (κ2) is 6.23. The number of nitrogens with zero attached hydrogens (tertiary/aromatic N) is 2. The van der Waals surface area contributed by atoms with Gasteiger partial charge in [-0.3, -0.25) is 9.78 Å². The molecule has 0 fully saturated rings. The van der Waals surface area contributed by atoms with E-state index in [2.05, 4.69) is 4.98 Å². The molecule has 0 saturated heterocycles. The maximum absolute atomic E-state index is 12.4. The van der Waals surface area contributed by atoms with Crippen molar-refractivity contribution < 1.29 is 18.0 Å². The summed E-state index contributed by atoms with van der Waals surface area (Å²) in [6.07, 6.45) is -3.80. The van der Waals surface area contributed by atoms with Crippen molar-refractivity contribution in [1.29, 1.82) is 0 Å². The largest absolute Gasteiger partial charge is 0.417 e. The highest BCUT2D eigenvalue weighted by molar-refractivity contribution is 6.18. The molecule has 1 amide bonds. The number of aromatic nitrogens is 1. The molecule has 7 heteroatoms. The predicted octanol–water partition coefficient (Wildman–Crippen LogP) is 3.19. The van der Waals surface area contributed by atoms with E-state index >= 15 is 0 Å². The Bertz CT molecular complexity index is 432. The van der Waals surface area contributed by atoms with Gasteiger partial charge in [-0.05, 0) is 26.0 Å². The fourth-order valence-electron chi connectivity index (χ4n) is 1.52. The Balaban J connectivity index is 2.94. The highest BCUT2D eigenvalue weighted by atomic mass is 35.5. The Labute approximate surface area is 114 Å². The minimum Gasteiger partial charge on any atom is -0.334 e. The number of hydrogen-bond acceptors (Lipinski definition) is 2. The summed E-state index contributed by atoms with van der Waals surface area (Å²) in [6, 6.07) is 1.82. The van der Waals surface area contributed by atoms with Gasteiger partial charge in [0.25, 0.3) is 5.91 Å². The van der Waals surface area contributed by atoms with E-state index < -0.39 is 17.6 Å². The summed E-state index contributed by atoms with van der Waals surface area (Å²) in [5, 5.41) is 0. The van der Waals surface area contributed by atoms with Crippen molar-refractivity contribution in [2.75, 3.05) is 12.4 Å². The molecular formula is C12H14ClF3N2O. The van der Waals surface area contributed by atoms with E-state index in [4.69, 9.17) is 11.6 Å². The number of pyridine rings is 1. The van der Waals surface area contributed by atoms with Crippen LogP contribution < -0.4 is 0 Å². The molecule has 0 aliphatic heterocycles. The Morgan fingerprint density at radius 1 is 1.42 bits per heavy atom. The summed E-state index contributed by atoms with van der Waals surface area (Å²) in [6.45, 7) is 3.92. The average molecular weight is 295 g/mol. The van der Waals surface area contributed by atoms with E-state index in [9.17, 15) is 18.0 Å². The second-order valence-corrected chi connectivity index (χ2v) is 4.59. The summed E-state index contributed by atoms with van der Waals surface area (Å²) < 4.78 is 37.1. The SMILES string of the molecule is CC(C)N(CCCl)C(=O)c1ccc(C(F)(F)F)cn1. The van der Waals surface area contributed by atoms with Crippen LogP contribution in [0.2, 0.25) is 0 Å². The van der Waals surface area contributed by atoms with Crippen LogP contribution in [0.3, 0.4) is 0 Å². The summed E-state index contributed by atoms with van der Waals surface area (Å²) in [7, 11) is 0. The standard InChI is InChI=1S/C12H14ClF3N2O/c1-8(2)18(6-5-13)11(19)10-4-3-9(7-17-10)12(14,15)16/h3-4,7-8H,5-6H2,1-2H3. The van der Waals surface area contributed by atoms with E-state index in [-0.39, 0.29) is 17.6 Å². The molecule has 0 bridgehead atoms. The van der Waals surface area contributed by atoms with Crippen molar-refractivity contribution in [2.45, 2.75) is 26.1 Å².